The van der Waals surface area contributed by atoms with Crippen LogP contribution in [0, 0.1) is 0 Å². The third-order valence-corrected chi connectivity index (χ3v) is 0.250. The van der Waals surface area contributed by atoms with Gasteiger partial charge in [0.05, 0.1) is 0 Å². The van der Waals surface area contributed by atoms with Gasteiger partial charge in [0.2, 0.25) is 10.4 Å². The van der Waals surface area contributed by atoms with Gasteiger partial charge in [0.15, 0.2) is 0 Å². The van der Waals surface area contributed by atoms with E-state index >= 15 is 0 Å². The van der Waals surface area contributed by atoms with Crippen LogP contribution in [0.5, 0.6) is 0 Å². The molecule has 0 fully saturated rings. The molecule has 0 amide bonds. The molecule has 0 aromatic carbocycles. The van der Waals surface area contributed by atoms with Gasteiger partial charge in [-0.3, -0.25) is 9.11 Å². The third kappa shape index (κ3) is 70.6. The van der Waals surface area contributed by atoms with Crippen LogP contribution in [0.1, 0.15) is 0 Å². The second-order valence-corrected chi connectivity index (χ2v) is 2.77. The molecule has 0 bridgehead atoms. The van der Waals surface area contributed by atoms with Crippen molar-refractivity contribution < 1.29 is 143 Å². The molecule has 0 saturated heterocycles. The maximum atomic E-state index is 8.91. The first-order valence-electron chi connectivity index (χ1n) is 1.53. The Labute approximate surface area is 160 Å². The molecule has 0 atom stereocenters. The number of hydrogen-bond donors (Lipinski definition) is 2. The van der Waals surface area contributed by atoms with Crippen molar-refractivity contribution in [3.8, 4) is 0 Å². The smallest absolute Gasteiger partial charge is 0.726 e. The maximum absolute atomic E-state index is 8.91. The zero-order chi connectivity index (χ0) is 9.71. The maximum Gasteiger partial charge on any atom is 1.00 e. The Morgan fingerprint density at radius 2 is 1.08 bits per heavy atom. The zero-order valence-corrected chi connectivity index (χ0v) is 14.4. The largest absolute Gasteiger partial charge is 1.00 e. The summed E-state index contributed by atoms with van der Waals surface area (Å²) in [6, 6.07) is 0. The van der Waals surface area contributed by atoms with Gasteiger partial charge in [-0.05, 0) is 0 Å². The summed E-state index contributed by atoms with van der Waals surface area (Å²) in [5.41, 5.74) is 0. The van der Waals surface area contributed by atoms with Crippen LogP contribution in [-0.4, -0.2) is 30.5 Å². The van der Waals surface area contributed by atoms with Crippen LogP contribution in [0.25, 0.3) is 0 Å². The van der Waals surface area contributed by atoms with Crippen molar-refractivity contribution in [2.75, 3.05) is 0 Å². The first kappa shape index (κ1) is 25.0. The number of hydrogen-bond acceptors (Lipinski definition) is 7. The minimum Gasteiger partial charge on any atom is -0.726 e. The van der Waals surface area contributed by atoms with Crippen LogP contribution in [0.2, 0.25) is 0 Å². The molecule has 0 aliphatic rings. The van der Waals surface area contributed by atoms with Gasteiger partial charge in [0.25, 0.3) is 0 Å². The molecule has 9 nitrogen and oxygen atoms in total. The van der Waals surface area contributed by atoms with E-state index in [4.69, 9.17) is 35.8 Å². The molecule has 70 valence electrons. The van der Waals surface area contributed by atoms with E-state index in [1.807, 2.05) is 0 Å². The minimum absolute atomic E-state index is 0. The van der Waals surface area contributed by atoms with E-state index < -0.39 is 20.8 Å². The SMILES string of the molecule is O=S(=O)(O)O.O=S(=O)([O-])O[O-].[K+].[K+]. The molecule has 0 aromatic heterocycles. The summed E-state index contributed by atoms with van der Waals surface area (Å²) >= 11 is 0. The van der Waals surface area contributed by atoms with E-state index in [9.17, 15) is 0 Å². The summed E-state index contributed by atoms with van der Waals surface area (Å²) in [5, 5.41) is 8.55. The van der Waals surface area contributed by atoms with Crippen molar-refractivity contribution in [1.82, 2.24) is 0 Å². The summed E-state index contributed by atoms with van der Waals surface area (Å²) in [6.45, 7) is 0. The molecule has 13 heavy (non-hydrogen) atoms. The van der Waals surface area contributed by atoms with E-state index in [2.05, 4.69) is 4.33 Å². The molecule has 0 radical (unpaired) electrons. The van der Waals surface area contributed by atoms with Gasteiger partial charge < -0.3 is 14.1 Å². The molecule has 13 heteroatoms. The van der Waals surface area contributed by atoms with Crippen molar-refractivity contribution in [2.24, 2.45) is 0 Å². The van der Waals surface area contributed by atoms with Gasteiger partial charge in [0.1, 0.15) is 0 Å². The fourth-order valence-corrected chi connectivity index (χ4v) is 0. The first-order chi connectivity index (χ1) is 4.56. The summed E-state index contributed by atoms with van der Waals surface area (Å²) in [7, 11) is -9.63. The van der Waals surface area contributed by atoms with E-state index in [1.165, 1.54) is 0 Å². The van der Waals surface area contributed by atoms with Gasteiger partial charge in [-0.15, -0.1) is 0 Å². The van der Waals surface area contributed by atoms with Crippen molar-refractivity contribution in [3.63, 3.8) is 0 Å². The van der Waals surface area contributed by atoms with Crippen LogP contribution in [0.4, 0.5) is 0 Å². The monoisotopic (exact) mass is 288 g/mol. The fraction of sp³-hybridized carbons (Fsp3) is 0. The average molecular weight is 288 g/mol. The molecule has 0 aliphatic carbocycles. The molecule has 0 spiro atoms. The van der Waals surface area contributed by atoms with Crippen molar-refractivity contribution in [3.05, 3.63) is 0 Å². The van der Waals surface area contributed by atoms with E-state index in [0.717, 1.165) is 0 Å². The van der Waals surface area contributed by atoms with Gasteiger partial charge in [-0.2, -0.15) is 8.42 Å². The standard InChI is InChI=1S/2K.H2O5S.H2O4S/c;;1-5-6(2,3)4;1-5(2,3)4/h;;1H,(H,2,3,4);(H2,1,2,3,4)/q2*+1;;/p-2. The van der Waals surface area contributed by atoms with E-state index in [0.29, 0.717) is 0 Å². The van der Waals surface area contributed by atoms with Gasteiger partial charge in [-0.25, -0.2) is 8.42 Å². The Bertz CT molecular complexity index is 263. The summed E-state index contributed by atoms with van der Waals surface area (Å²) in [4.78, 5) is 0. The quantitative estimate of drug-likeness (QED) is 0.157. The third-order valence-electron chi connectivity index (χ3n) is 0.0833. The molecule has 0 unspecified atom stereocenters. The summed E-state index contributed by atoms with van der Waals surface area (Å²) in [6.07, 6.45) is 0. The molecular formula is H2K2O9S2. The first-order valence-corrected chi connectivity index (χ1v) is 4.26. The second-order valence-electron chi connectivity index (χ2n) is 0.924. The molecule has 0 rings (SSSR count). The average Bonchev–Trinajstić information content (AvgIpc) is 1.59. The fourth-order valence-electron chi connectivity index (χ4n) is 0. The Kier molecular flexibility index (Phi) is 22.0. The van der Waals surface area contributed by atoms with Crippen LogP contribution < -0.4 is 108 Å². The Morgan fingerprint density at radius 3 is 1.08 bits per heavy atom. The summed E-state index contributed by atoms with van der Waals surface area (Å²) in [5.74, 6) is 0. The topological polar surface area (TPSA) is 164 Å². The molecule has 0 heterocycles. The molecule has 0 aromatic rings. The molecular weight excluding hydrogens is 286 g/mol. The predicted octanol–water partition coefficient (Wildman–Crippen LogP) is -8.91. The Hall–Kier alpha value is 2.97. The van der Waals surface area contributed by atoms with Crippen molar-refractivity contribution in [1.29, 1.82) is 0 Å². The van der Waals surface area contributed by atoms with Crippen LogP contribution in [0.3, 0.4) is 0 Å². The van der Waals surface area contributed by atoms with E-state index in [1.54, 1.807) is 0 Å². The van der Waals surface area contributed by atoms with Crippen LogP contribution >= 0.6 is 0 Å². The molecule has 0 aliphatic heterocycles. The molecule has 0 saturated carbocycles. The number of rotatable bonds is 1. The van der Waals surface area contributed by atoms with Gasteiger partial charge in [0, 0.05) is 0 Å². The van der Waals surface area contributed by atoms with Crippen LogP contribution in [0.15, 0.2) is 0 Å². The van der Waals surface area contributed by atoms with E-state index in [-0.39, 0.29) is 103 Å². The summed E-state index contributed by atoms with van der Waals surface area (Å²) < 4.78 is 60.4. The van der Waals surface area contributed by atoms with Crippen molar-refractivity contribution in [2.45, 2.75) is 0 Å². The Balaban J connectivity index is -0.0000000546. The van der Waals surface area contributed by atoms with Crippen molar-refractivity contribution >= 4 is 20.8 Å². The second kappa shape index (κ2) is 11.5. The Morgan fingerprint density at radius 1 is 1.00 bits per heavy atom. The van der Waals surface area contributed by atoms with Crippen LogP contribution in [-0.2, 0) is 25.1 Å². The van der Waals surface area contributed by atoms with Gasteiger partial charge >= 0.3 is 113 Å². The minimum atomic E-state index is -4.97. The predicted molar refractivity (Wildman–Crippen MR) is 25.0 cm³/mol. The molecule has 2 N–H and O–H groups in total. The van der Waals surface area contributed by atoms with Gasteiger partial charge in [-0.1, -0.05) is 0 Å². The zero-order valence-electron chi connectivity index (χ0n) is 6.57. The normalized spacial score (nSPS) is 9.85.